The van der Waals surface area contributed by atoms with Gasteiger partial charge in [0.15, 0.2) is 0 Å². The fourth-order valence-corrected chi connectivity index (χ4v) is 1.54. The third-order valence-corrected chi connectivity index (χ3v) is 2.63. The van der Waals surface area contributed by atoms with Crippen molar-refractivity contribution in [3.8, 4) is 0 Å². The number of hydrogen-bond acceptors (Lipinski definition) is 3. The van der Waals surface area contributed by atoms with E-state index in [1.165, 1.54) is 19.2 Å². The molecule has 0 fully saturated rings. The van der Waals surface area contributed by atoms with E-state index in [2.05, 4.69) is 15.4 Å². The second-order valence-corrected chi connectivity index (χ2v) is 4.82. The molecular weight excluding hydrogens is 268 g/mol. The zero-order valence-corrected chi connectivity index (χ0v) is 11.9. The number of halogens is 1. The minimum absolute atomic E-state index is 0.214. The Kier molecular flexibility index (Phi) is 5.63. The number of amides is 2. The van der Waals surface area contributed by atoms with E-state index in [0.717, 1.165) is 0 Å². The van der Waals surface area contributed by atoms with Crippen LogP contribution in [0.1, 0.15) is 24.2 Å². The van der Waals surface area contributed by atoms with Crippen molar-refractivity contribution in [2.24, 2.45) is 5.92 Å². The summed E-state index contributed by atoms with van der Waals surface area (Å²) in [7, 11) is 1.27. The van der Waals surface area contributed by atoms with Gasteiger partial charge in [0.05, 0.1) is 17.7 Å². The Balaban J connectivity index is 2.74. The highest BCUT2D eigenvalue weighted by molar-refractivity contribution is 6.33. The molecule has 1 aromatic carbocycles. The smallest absolute Gasteiger partial charge is 0.339 e. The molecule has 19 heavy (non-hydrogen) atoms. The van der Waals surface area contributed by atoms with E-state index in [-0.39, 0.29) is 16.6 Å². The highest BCUT2D eigenvalue weighted by atomic mass is 35.5. The van der Waals surface area contributed by atoms with Gasteiger partial charge in [-0.3, -0.25) is 0 Å². The summed E-state index contributed by atoms with van der Waals surface area (Å²) in [5, 5.41) is 5.61. The molecule has 0 atom stereocenters. The monoisotopic (exact) mass is 284 g/mol. The molecule has 1 rings (SSSR count). The average molecular weight is 285 g/mol. The van der Waals surface area contributed by atoms with Gasteiger partial charge < -0.3 is 15.4 Å². The van der Waals surface area contributed by atoms with Crippen LogP contribution in [0.5, 0.6) is 0 Å². The van der Waals surface area contributed by atoms with Crippen LogP contribution in [0.4, 0.5) is 10.5 Å². The Labute approximate surface area is 117 Å². The molecule has 0 aromatic heterocycles. The minimum Gasteiger partial charge on any atom is -0.465 e. The summed E-state index contributed by atoms with van der Waals surface area (Å²) in [5.41, 5.74) is 0.692. The number of carbonyl (C=O) groups excluding carboxylic acids is 2. The predicted molar refractivity (Wildman–Crippen MR) is 74.7 cm³/mol. The van der Waals surface area contributed by atoms with E-state index in [9.17, 15) is 9.59 Å². The normalized spacial score (nSPS) is 10.2. The molecule has 1 aromatic rings. The van der Waals surface area contributed by atoms with Crippen LogP contribution in [0.3, 0.4) is 0 Å². The van der Waals surface area contributed by atoms with E-state index in [1.807, 2.05) is 13.8 Å². The van der Waals surface area contributed by atoms with Gasteiger partial charge in [-0.2, -0.15) is 0 Å². The van der Waals surface area contributed by atoms with Gasteiger partial charge >= 0.3 is 12.0 Å². The second kappa shape index (κ2) is 6.99. The molecule has 0 radical (unpaired) electrons. The molecule has 104 valence electrons. The highest BCUT2D eigenvalue weighted by Crippen LogP contribution is 2.21. The Bertz CT molecular complexity index is 475. The number of benzene rings is 1. The zero-order valence-electron chi connectivity index (χ0n) is 11.1. The number of nitrogens with one attached hydrogen (secondary N) is 2. The van der Waals surface area contributed by atoms with Gasteiger partial charge in [0, 0.05) is 12.2 Å². The van der Waals surface area contributed by atoms with Crippen molar-refractivity contribution in [3.05, 3.63) is 28.8 Å². The van der Waals surface area contributed by atoms with Gasteiger partial charge in [-0.05, 0) is 24.1 Å². The van der Waals surface area contributed by atoms with E-state index in [1.54, 1.807) is 6.07 Å². The van der Waals surface area contributed by atoms with Crippen LogP contribution in [0.15, 0.2) is 18.2 Å². The van der Waals surface area contributed by atoms with Crippen LogP contribution in [0, 0.1) is 5.92 Å². The maximum atomic E-state index is 11.6. The van der Waals surface area contributed by atoms with Crippen LogP contribution in [-0.2, 0) is 4.74 Å². The Morgan fingerprint density at radius 3 is 2.63 bits per heavy atom. The van der Waals surface area contributed by atoms with Crippen molar-refractivity contribution in [1.82, 2.24) is 5.32 Å². The molecule has 0 heterocycles. The van der Waals surface area contributed by atoms with Crippen molar-refractivity contribution in [3.63, 3.8) is 0 Å². The summed E-state index contributed by atoms with van der Waals surface area (Å²) < 4.78 is 4.60. The van der Waals surface area contributed by atoms with Crippen LogP contribution in [0.2, 0.25) is 5.02 Å². The first kappa shape index (κ1) is 15.3. The third kappa shape index (κ3) is 4.79. The lowest BCUT2D eigenvalue weighted by Crippen LogP contribution is -2.31. The van der Waals surface area contributed by atoms with Crippen molar-refractivity contribution >= 4 is 29.3 Å². The van der Waals surface area contributed by atoms with Gasteiger partial charge in [0.25, 0.3) is 0 Å². The van der Waals surface area contributed by atoms with Crippen LogP contribution in [0.25, 0.3) is 0 Å². The van der Waals surface area contributed by atoms with Gasteiger partial charge in [0.1, 0.15) is 0 Å². The first-order chi connectivity index (χ1) is 8.93. The van der Waals surface area contributed by atoms with E-state index in [4.69, 9.17) is 11.6 Å². The molecule has 0 aliphatic heterocycles. The van der Waals surface area contributed by atoms with Crippen molar-refractivity contribution in [2.45, 2.75) is 13.8 Å². The number of carbonyl (C=O) groups is 2. The lowest BCUT2D eigenvalue weighted by molar-refractivity contribution is 0.0601. The second-order valence-electron chi connectivity index (χ2n) is 4.42. The zero-order chi connectivity index (χ0) is 14.4. The number of hydrogen-bond donors (Lipinski definition) is 2. The van der Waals surface area contributed by atoms with Gasteiger partial charge in [0.2, 0.25) is 0 Å². The van der Waals surface area contributed by atoms with Crippen LogP contribution in [-0.4, -0.2) is 25.7 Å². The topological polar surface area (TPSA) is 67.4 Å². The van der Waals surface area contributed by atoms with Crippen molar-refractivity contribution in [2.75, 3.05) is 19.0 Å². The fraction of sp³-hybridized carbons (Fsp3) is 0.385. The molecule has 0 spiro atoms. The molecule has 0 aliphatic carbocycles. The SMILES string of the molecule is COC(=O)c1cc(NC(=O)NCC(C)C)ccc1Cl. The van der Waals surface area contributed by atoms with Crippen molar-refractivity contribution in [1.29, 1.82) is 0 Å². The molecule has 0 saturated heterocycles. The average Bonchev–Trinajstić information content (AvgIpc) is 2.37. The first-order valence-corrected chi connectivity index (χ1v) is 6.24. The largest absolute Gasteiger partial charge is 0.465 e. The summed E-state index contributed by atoms with van der Waals surface area (Å²) in [6.07, 6.45) is 0. The maximum Gasteiger partial charge on any atom is 0.339 e. The van der Waals surface area contributed by atoms with Crippen molar-refractivity contribution < 1.29 is 14.3 Å². The lowest BCUT2D eigenvalue weighted by atomic mass is 10.2. The number of esters is 1. The van der Waals surface area contributed by atoms with Crippen LogP contribution < -0.4 is 10.6 Å². The molecule has 0 bridgehead atoms. The quantitative estimate of drug-likeness (QED) is 0.836. The van der Waals surface area contributed by atoms with E-state index >= 15 is 0 Å². The Morgan fingerprint density at radius 2 is 2.05 bits per heavy atom. The summed E-state index contributed by atoms with van der Waals surface area (Å²) in [5.74, 6) is -0.183. The molecule has 0 saturated carbocycles. The summed E-state index contributed by atoms with van der Waals surface area (Å²) >= 11 is 5.88. The molecular formula is C13H17ClN2O3. The molecule has 2 N–H and O–H groups in total. The van der Waals surface area contributed by atoms with Gasteiger partial charge in [-0.1, -0.05) is 25.4 Å². The van der Waals surface area contributed by atoms with Crippen LogP contribution >= 0.6 is 11.6 Å². The molecule has 0 unspecified atom stereocenters. The third-order valence-electron chi connectivity index (χ3n) is 2.30. The number of urea groups is 1. The number of methoxy groups -OCH3 is 1. The molecule has 0 aliphatic rings. The fourth-order valence-electron chi connectivity index (χ4n) is 1.34. The lowest BCUT2D eigenvalue weighted by Gasteiger charge is -2.10. The van der Waals surface area contributed by atoms with E-state index < -0.39 is 5.97 Å². The number of ether oxygens (including phenoxy) is 1. The Hall–Kier alpha value is -1.75. The highest BCUT2D eigenvalue weighted by Gasteiger charge is 2.12. The summed E-state index contributed by atoms with van der Waals surface area (Å²) in [4.78, 5) is 23.0. The first-order valence-electron chi connectivity index (χ1n) is 5.86. The predicted octanol–water partition coefficient (Wildman–Crippen LogP) is 2.90. The van der Waals surface area contributed by atoms with Gasteiger partial charge in [-0.15, -0.1) is 0 Å². The Morgan fingerprint density at radius 1 is 1.37 bits per heavy atom. The molecule has 5 nitrogen and oxygen atoms in total. The number of anilines is 1. The van der Waals surface area contributed by atoms with E-state index in [0.29, 0.717) is 18.2 Å². The summed E-state index contributed by atoms with van der Waals surface area (Å²) in [6, 6.07) is 4.30. The minimum atomic E-state index is -0.545. The standard InChI is InChI=1S/C13H17ClN2O3/c1-8(2)7-15-13(18)16-9-4-5-11(14)10(6-9)12(17)19-3/h4-6,8H,7H2,1-3H3,(H2,15,16,18). The summed E-state index contributed by atoms with van der Waals surface area (Å²) in [6.45, 7) is 4.57. The van der Waals surface area contributed by atoms with Gasteiger partial charge in [-0.25, -0.2) is 9.59 Å². The maximum absolute atomic E-state index is 11.6. The number of rotatable bonds is 4. The molecule has 6 heteroatoms. The molecule has 2 amide bonds.